The Balaban J connectivity index is 1.89. The molecule has 19 heavy (non-hydrogen) atoms. The maximum absolute atomic E-state index is 6.02. The molecule has 0 N–H and O–H groups in total. The lowest BCUT2D eigenvalue weighted by atomic mass is 10.1. The van der Waals surface area contributed by atoms with Crippen LogP contribution in [0.15, 0.2) is 18.2 Å². The summed E-state index contributed by atoms with van der Waals surface area (Å²) in [6.07, 6.45) is 1.15. The number of hydrogen-bond acceptors (Lipinski definition) is 2. The fourth-order valence-corrected chi connectivity index (χ4v) is 2.67. The molecule has 1 aliphatic rings. The lowest BCUT2D eigenvalue weighted by molar-refractivity contribution is -0.908. The molecule has 106 valence electrons. The molecular formula is C16H26NO2+. The average molecular weight is 264 g/mol. The van der Waals surface area contributed by atoms with Gasteiger partial charge in [0, 0.05) is 6.42 Å². The fraction of sp³-hybridized carbons (Fsp3) is 0.625. The van der Waals surface area contributed by atoms with Crippen molar-refractivity contribution in [2.24, 2.45) is 0 Å². The van der Waals surface area contributed by atoms with E-state index >= 15 is 0 Å². The first-order valence-corrected chi connectivity index (χ1v) is 7.21. The fourth-order valence-electron chi connectivity index (χ4n) is 2.67. The van der Waals surface area contributed by atoms with Gasteiger partial charge in [-0.25, -0.2) is 0 Å². The van der Waals surface area contributed by atoms with Crippen LogP contribution in [0, 0.1) is 13.8 Å². The predicted molar refractivity (Wildman–Crippen MR) is 77.6 cm³/mol. The summed E-state index contributed by atoms with van der Waals surface area (Å²) in [5, 5.41) is 0. The minimum absolute atomic E-state index is 0.780. The van der Waals surface area contributed by atoms with Gasteiger partial charge in [0.15, 0.2) is 0 Å². The third-order valence-corrected chi connectivity index (χ3v) is 4.05. The number of hydrogen-bond donors (Lipinski definition) is 0. The monoisotopic (exact) mass is 264 g/mol. The van der Waals surface area contributed by atoms with Crippen LogP contribution in [-0.2, 0) is 4.74 Å². The van der Waals surface area contributed by atoms with Gasteiger partial charge in [-0.2, -0.15) is 0 Å². The average Bonchev–Trinajstić information content (AvgIpc) is 2.58. The van der Waals surface area contributed by atoms with Crippen LogP contribution in [0.1, 0.15) is 17.5 Å². The summed E-state index contributed by atoms with van der Waals surface area (Å²) in [7, 11) is 2.31. The minimum atomic E-state index is 0.780. The van der Waals surface area contributed by atoms with Crippen molar-refractivity contribution >= 4 is 0 Å². The van der Waals surface area contributed by atoms with Crippen LogP contribution in [-0.4, -0.2) is 51.0 Å². The molecule has 0 saturated carbocycles. The quantitative estimate of drug-likeness (QED) is 0.778. The first-order valence-electron chi connectivity index (χ1n) is 7.21. The number of benzene rings is 1. The second kappa shape index (κ2) is 6.40. The molecule has 3 heteroatoms. The summed E-state index contributed by atoms with van der Waals surface area (Å²) in [6, 6.07) is 6.30. The molecule has 1 saturated heterocycles. The largest absolute Gasteiger partial charge is 0.487 e. The minimum Gasteiger partial charge on any atom is -0.487 e. The Morgan fingerprint density at radius 2 is 1.89 bits per heavy atom. The molecule has 1 unspecified atom stereocenters. The number of aryl methyl sites for hydroxylation is 2. The molecule has 1 heterocycles. The van der Waals surface area contributed by atoms with Gasteiger partial charge < -0.3 is 14.0 Å². The molecular weight excluding hydrogens is 238 g/mol. The Kier molecular flexibility index (Phi) is 4.83. The topological polar surface area (TPSA) is 18.5 Å². The molecule has 0 spiro atoms. The highest BCUT2D eigenvalue weighted by Gasteiger charge is 2.23. The maximum Gasteiger partial charge on any atom is 0.137 e. The van der Waals surface area contributed by atoms with Crippen LogP contribution in [0.4, 0.5) is 0 Å². The summed E-state index contributed by atoms with van der Waals surface area (Å²) in [6.45, 7) is 10.1. The highest BCUT2D eigenvalue weighted by molar-refractivity contribution is 5.39. The van der Waals surface area contributed by atoms with Crippen molar-refractivity contribution in [2.75, 3.05) is 46.5 Å². The Bertz CT molecular complexity index is 389. The van der Waals surface area contributed by atoms with Crippen molar-refractivity contribution in [3.8, 4) is 5.75 Å². The maximum atomic E-state index is 6.02. The SMILES string of the molecule is Cc1cccc(C)c1OCC[N+]1(C)CCCOCC1. The van der Waals surface area contributed by atoms with Crippen molar-refractivity contribution in [2.45, 2.75) is 20.3 Å². The standard InChI is InChI=1S/C16H26NO2/c1-14-6-4-7-15(2)16(14)19-13-10-17(3)8-5-11-18-12-9-17/h4,6-7H,5,8-13H2,1-3H3/q+1. The summed E-state index contributed by atoms with van der Waals surface area (Å²) < 4.78 is 12.6. The van der Waals surface area contributed by atoms with Crippen molar-refractivity contribution in [1.29, 1.82) is 0 Å². The van der Waals surface area contributed by atoms with Crippen LogP contribution in [0.25, 0.3) is 0 Å². The van der Waals surface area contributed by atoms with E-state index in [1.807, 2.05) is 0 Å². The van der Waals surface area contributed by atoms with Crippen LogP contribution < -0.4 is 4.74 Å². The van der Waals surface area contributed by atoms with E-state index in [2.05, 4.69) is 39.1 Å². The normalized spacial score (nSPS) is 23.9. The van der Waals surface area contributed by atoms with Crippen molar-refractivity contribution in [1.82, 2.24) is 0 Å². The van der Waals surface area contributed by atoms with Crippen molar-refractivity contribution < 1.29 is 14.0 Å². The predicted octanol–water partition coefficient (Wildman–Crippen LogP) is 2.55. The zero-order chi connectivity index (χ0) is 13.7. The number of rotatable bonds is 4. The second-order valence-corrected chi connectivity index (χ2v) is 5.83. The molecule has 0 aromatic heterocycles. The van der Waals surface area contributed by atoms with Gasteiger partial charge in [-0.15, -0.1) is 0 Å². The first-order chi connectivity index (χ1) is 9.11. The molecule has 0 amide bonds. The summed E-state index contributed by atoms with van der Waals surface area (Å²) in [4.78, 5) is 0. The highest BCUT2D eigenvalue weighted by atomic mass is 16.5. The highest BCUT2D eigenvalue weighted by Crippen LogP contribution is 2.22. The van der Waals surface area contributed by atoms with E-state index in [1.54, 1.807) is 0 Å². The van der Waals surface area contributed by atoms with E-state index in [0.717, 1.165) is 49.6 Å². The molecule has 3 nitrogen and oxygen atoms in total. The van der Waals surface area contributed by atoms with E-state index in [0.29, 0.717) is 0 Å². The molecule has 1 aromatic rings. The van der Waals surface area contributed by atoms with Crippen LogP contribution in [0.3, 0.4) is 0 Å². The van der Waals surface area contributed by atoms with Gasteiger partial charge in [-0.3, -0.25) is 0 Å². The lowest BCUT2D eigenvalue weighted by Gasteiger charge is -2.32. The van der Waals surface area contributed by atoms with Gasteiger partial charge in [-0.1, -0.05) is 18.2 Å². The van der Waals surface area contributed by atoms with E-state index in [4.69, 9.17) is 9.47 Å². The Hall–Kier alpha value is -1.06. The zero-order valence-electron chi connectivity index (χ0n) is 12.4. The molecule has 1 atom stereocenters. The molecule has 0 radical (unpaired) electrons. The van der Waals surface area contributed by atoms with E-state index in [9.17, 15) is 0 Å². The number of para-hydroxylation sites is 1. The van der Waals surface area contributed by atoms with E-state index in [-0.39, 0.29) is 0 Å². The lowest BCUT2D eigenvalue weighted by Crippen LogP contribution is -2.48. The van der Waals surface area contributed by atoms with Gasteiger partial charge in [0.25, 0.3) is 0 Å². The molecule has 0 bridgehead atoms. The van der Waals surface area contributed by atoms with Gasteiger partial charge >= 0.3 is 0 Å². The summed E-state index contributed by atoms with van der Waals surface area (Å²) in [5.41, 5.74) is 2.45. The van der Waals surface area contributed by atoms with Gasteiger partial charge in [-0.05, 0) is 25.0 Å². The number of quaternary nitrogens is 1. The molecule has 2 rings (SSSR count). The molecule has 1 aromatic carbocycles. The van der Waals surface area contributed by atoms with E-state index < -0.39 is 0 Å². The Morgan fingerprint density at radius 3 is 2.63 bits per heavy atom. The van der Waals surface area contributed by atoms with Crippen molar-refractivity contribution in [3.63, 3.8) is 0 Å². The first kappa shape index (κ1) is 14.4. The third kappa shape index (κ3) is 3.95. The van der Waals surface area contributed by atoms with Crippen LogP contribution in [0.5, 0.6) is 5.75 Å². The van der Waals surface area contributed by atoms with Crippen LogP contribution in [0.2, 0.25) is 0 Å². The third-order valence-electron chi connectivity index (χ3n) is 4.05. The number of ether oxygens (including phenoxy) is 2. The molecule has 0 aliphatic carbocycles. The zero-order valence-corrected chi connectivity index (χ0v) is 12.4. The molecule has 1 fully saturated rings. The molecule has 1 aliphatic heterocycles. The Morgan fingerprint density at radius 1 is 1.16 bits per heavy atom. The van der Waals surface area contributed by atoms with Crippen LogP contribution >= 0.6 is 0 Å². The van der Waals surface area contributed by atoms with Gasteiger partial charge in [0.2, 0.25) is 0 Å². The van der Waals surface area contributed by atoms with Gasteiger partial charge in [0.1, 0.15) is 25.4 Å². The smallest absolute Gasteiger partial charge is 0.137 e. The van der Waals surface area contributed by atoms with Gasteiger partial charge in [0.05, 0.1) is 26.8 Å². The number of nitrogens with zero attached hydrogens (tertiary/aromatic N) is 1. The van der Waals surface area contributed by atoms with Crippen molar-refractivity contribution in [3.05, 3.63) is 29.3 Å². The van der Waals surface area contributed by atoms with E-state index in [1.165, 1.54) is 17.7 Å². The Labute approximate surface area is 116 Å². The number of likely N-dealkylation sites (N-methyl/N-ethyl adjacent to an activating group) is 1. The second-order valence-electron chi connectivity index (χ2n) is 5.83. The summed E-state index contributed by atoms with van der Waals surface area (Å²) in [5.74, 6) is 1.06. The summed E-state index contributed by atoms with van der Waals surface area (Å²) >= 11 is 0.